The zero-order valence-electron chi connectivity index (χ0n) is 17.2. The van der Waals surface area contributed by atoms with E-state index in [9.17, 15) is 4.79 Å². The van der Waals surface area contributed by atoms with Crippen LogP contribution in [-0.4, -0.2) is 51.8 Å². The van der Waals surface area contributed by atoms with Gasteiger partial charge in [-0.05, 0) is 25.1 Å². The van der Waals surface area contributed by atoms with Crippen molar-refractivity contribution in [3.8, 4) is 5.75 Å². The van der Waals surface area contributed by atoms with E-state index in [1.54, 1.807) is 12.1 Å². The molecule has 0 bridgehead atoms. The first kappa shape index (κ1) is 20.2. The molecule has 158 valence electrons. The van der Waals surface area contributed by atoms with Crippen LogP contribution in [0.5, 0.6) is 5.75 Å². The van der Waals surface area contributed by atoms with Crippen LogP contribution >= 0.6 is 0 Å². The van der Waals surface area contributed by atoms with Crippen molar-refractivity contribution >= 4 is 5.91 Å². The molecular formula is C22H27N5O3. The van der Waals surface area contributed by atoms with E-state index in [0.29, 0.717) is 25.3 Å². The molecule has 0 unspecified atom stereocenters. The zero-order chi connectivity index (χ0) is 20.8. The summed E-state index contributed by atoms with van der Waals surface area (Å²) in [7, 11) is 0. The topological polar surface area (TPSA) is 85.4 Å². The molecule has 30 heavy (non-hydrogen) atoms. The molecule has 0 fully saturated rings. The van der Waals surface area contributed by atoms with Gasteiger partial charge in [0.25, 0.3) is 5.91 Å². The van der Waals surface area contributed by atoms with E-state index in [1.807, 2.05) is 19.1 Å². The summed E-state index contributed by atoms with van der Waals surface area (Å²) >= 11 is 0. The highest BCUT2D eigenvalue weighted by molar-refractivity contribution is 5.91. The van der Waals surface area contributed by atoms with Gasteiger partial charge in [0.1, 0.15) is 17.4 Å². The Kier molecular flexibility index (Phi) is 6.44. The standard InChI is InChI=1S/C22H27N5O3/c1-2-29-18-7-4-3-6-17(18)16-26-12-10-21-25-24-20(27(21)14-13-26)9-11-23-22(28)19-8-5-15-30-19/h3-8,15H,2,9-14,16H2,1H3,(H,23,28). The van der Waals surface area contributed by atoms with Crippen LogP contribution in [0.25, 0.3) is 0 Å². The van der Waals surface area contributed by atoms with Gasteiger partial charge in [0.15, 0.2) is 5.76 Å². The van der Waals surface area contributed by atoms with Gasteiger partial charge in [0.05, 0.1) is 12.9 Å². The number of furan rings is 1. The predicted octanol–water partition coefficient (Wildman–Crippen LogP) is 2.30. The molecule has 0 spiro atoms. The number of hydrogen-bond donors (Lipinski definition) is 1. The summed E-state index contributed by atoms with van der Waals surface area (Å²) in [4.78, 5) is 14.4. The predicted molar refractivity (Wildman–Crippen MR) is 111 cm³/mol. The number of ether oxygens (including phenoxy) is 1. The number of nitrogens with one attached hydrogen (secondary N) is 1. The summed E-state index contributed by atoms with van der Waals surface area (Å²) in [6.07, 6.45) is 2.97. The van der Waals surface area contributed by atoms with Crippen LogP contribution in [-0.2, 0) is 25.9 Å². The maximum atomic E-state index is 12.0. The van der Waals surface area contributed by atoms with Crippen LogP contribution in [0, 0.1) is 0 Å². The van der Waals surface area contributed by atoms with E-state index in [-0.39, 0.29) is 5.91 Å². The fourth-order valence-corrected chi connectivity index (χ4v) is 3.72. The van der Waals surface area contributed by atoms with Crippen LogP contribution in [0.2, 0.25) is 0 Å². The molecule has 0 atom stereocenters. The minimum Gasteiger partial charge on any atom is -0.494 e. The molecule has 0 aliphatic carbocycles. The SMILES string of the molecule is CCOc1ccccc1CN1CCc2nnc(CCNC(=O)c3ccco3)n2CC1. The number of fused-ring (bicyclic) bond motifs is 1. The molecule has 8 nitrogen and oxygen atoms in total. The fraction of sp³-hybridized carbons (Fsp3) is 0.409. The molecule has 0 saturated heterocycles. The monoisotopic (exact) mass is 409 g/mol. The number of benzene rings is 1. The molecular weight excluding hydrogens is 382 g/mol. The third-order valence-corrected chi connectivity index (χ3v) is 5.24. The van der Waals surface area contributed by atoms with Crippen LogP contribution in [0.15, 0.2) is 47.1 Å². The zero-order valence-corrected chi connectivity index (χ0v) is 17.2. The molecule has 2 aromatic heterocycles. The number of carbonyl (C=O) groups excluding carboxylic acids is 1. The molecule has 3 aromatic rings. The van der Waals surface area contributed by atoms with Crippen LogP contribution in [0.3, 0.4) is 0 Å². The minimum absolute atomic E-state index is 0.213. The lowest BCUT2D eigenvalue weighted by molar-refractivity contribution is 0.0926. The molecule has 1 aromatic carbocycles. The van der Waals surface area contributed by atoms with E-state index in [4.69, 9.17) is 9.15 Å². The Morgan fingerprint density at radius 2 is 2.07 bits per heavy atom. The van der Waals surface area contributed by atoms with Crippen molar-refractivity contribution in [2.45, 2.75) is 32.9 Å². The Labute approximate surface area is 175 Å². The maximum absolute atomic E-state index is 12.0. The van der Waals surface area contributed by atoms with Crippen LogP contribution in [0.4, 0.5) is 0 Å². The summed E-state index contributed by atoms with van der Waals surface area (Å²) in [6.45, 7) is 6.68. The first-order valence-corrected chi connectivity index (χ1v) is 10.4. The van der Waals surface area contributed by atoms with Crippen molar-refractivity contribution in [2.24, 2.45) is 0 Å². The highest BCUT2D eigenvalue weighted by Gasteiger charge is 2.20. The Morgan fingerprint density at radius 1 is 1.17 bits per heavy atom. The number of amides is 1. The van der Waals surface area contributed by atoms with Gasteiger partial charge in [-0.25, -0.2) is 0 Å². The average Bonchev–Trinajstić information content (AvgIpc) is 3.38. The third-order valence-electron chi connectivity index (χ3n) is 5.24. The first-order valence-electron chi connectivity index (χ1n) is 10.4. The van der Waals surface area contributed by atoms with Gasteiger partial charge >= 0.3 is 0 Å². The molecule has 3 heterocycles. The van der Waals surface area contributed by atoms with Gasteiger partial charge < -0.3 is 19.0 Å². The summed E-state index contributed by atoms with van der Waals surface area (Å²) < 4.78 is 13.1. The third kappa shape index (κ3) is 4.71. The van der Waals surface area contributed by atoms with Gasteiger partial charge in [-0.15, -0.1) is 10.2 Å². The maximum Gasteiger partial charge on any atom is 0.286 e. The average molecular weight is 409 g/mol. The lowest BCUT2D eigenvalue weighted by atomic mass is 10.2. The first-order chi connectivity index (χ1) is 14.7. The molecule has 8 heteroatoms. The Hall–Kier alpha value is -3.13. The summed E-state index contributed by atoms with van der Waals surface area (Å²) in [6, 6.07) is 11.6. The molecule has 1 aliphatic heterocycles. The molecule has 1 N–H and O–H groups in total. The van der Waals surface area contributed by atoms with Gasteiger partial charge in [-0.1, -0.05) is 18.2 Å². The molecule has 1 aliphatic rings. The van der Waals surface area contributed by atoms with Crippen molar-refractivity contribution in [3.05, 3.63) is 65.6 Å². The number of rotatable bonds is 8. The van der Waals surface area contributed by atoms with Gasteiger partial charge in [-0.2, -0.15) is 0 Å². The summed E-state index contributed by atoms with van der Waals surface area (Å²) in [5.74, 6) is 2.97. The lowest BCUT2D eigenvalue weighted by Gasteiger charge is -2.21. The highest BCUT2D eigenvalue weighted by atomic mass is 16.5. The highest BCUT2D eigenvalue weighted by Crippen LogP contribution is 2.21. The second-order valence-electron chi connectivity index (χ2n) is 7.23. The van der Waals surface area contributed by atoms with E-state index in [0.717, 1.165) is 50.0 Å². The summed E-state index contributed by atoms with van der Waals surface area (Å²) in [5.41, 5.74) is 1.21. The largest absolute Gasteiger partial charge is 0.494 e. The second-order valence-corrected chi connectivity index (χ2v) is 7.23. The number of nitrogens with zero attached hydrogens (tertiary/aromatic N) is 4. The van der Waals surface area contributed by atoms with Crippen molar-refractivity contribution in [2.75, 3.05) is 26.2 Å². The second kappa shape index (κ2) is 9.58. The van der Waals surface area contributed by atoms with E-state index in [2.05, 4.69) is 37.1 Å². The quantitative estimate of drug-likeness (QED) is 0.615. The molecule has 1 amide bonds. The van der Waals surface area contributed by atoms with E-state index in [1.165, 1.54) is 11.8 Å². The van der Waals surface area contributed by atoms with Crippen molar-refractivity contribution in [1.82, 2.24) is 25.0 Å². The Morgan fingerprint density at radius 3 is 2.90 bits per heavy atom. The number of aromatic nitrogens is 3. The van der Waals surface area contributed by atoms with Crippen molar-refractivity contribution < 1.29 is 13.9 Å². The van der Waals surface area contributed by atoms with Crippen molar-refractivity contribution in [1.29, 1.82) is 0 Å². The molecule has 0 radical (unpaired) electrons. The number of hydrogen-bond acceptors (Lipinski definition) is 6. The van der Waals surface area contributed by atoms with Crippen LogP contribution < -0.4 is 10.1 Å². The Bertz CT molecular complexity index is 967. The van der Waals surface area contributed by atoms with E-state index < -0.39 is 0 Å². The molecule has 0 saturated carbocycles. The summed E-state index contributed by atoms with van der Waals surface area (Å²) in [5, 5.41) is 11.6. The molecule has 4 rings (SSSR count). The van der Waals surface area contributed by atoms with E-state index >= 15 is 0 Å². The van der Waals surface area contributed by atoms with Crippen LogP contribution in [0.1, 0.15) is 34.7 Å². The number of para-hydroxylation sites is 1. The Balaban J connectivity index is 1.33. The van der Waals surface area contributed by atoms with Crippen molar-refractivity contribution in [3.63, 3.8) is 0 Å². The normalized spacial score (nSPS) is 14.2. The fourth-order valence-electron chi connectivity index (χ4n) is 3.72. The lowest BCUT2D eigenvalue weighted by Crippen LogP contribution is -2.28. The smallest absolute Gasteiger partial charge is 0.286 e. The van der Waals surface area contributed by atoms with Gasteiger partial charge in [-0.3, -0.25) is 9.69 Å². The minimum atomic E-state index is -0.213. The van der Waals surface area contributed by atoms with Gasteiger partial charge in [0, 0.05) is 51.1 Å². The van der Waals surface area contributed by atoms with Gasteiger partial charge in [0.2, 0.25) is 0 Å². The number of carbonyl (C=O) groups is 1.